The summed E-state index contributed by atoms with van der Waals surface area (Å²) in [6, 6.07) is 10.7. The summed E-state index contributed by atoms with van der Waals surface area (Å²) in [5.74, 6) is -0.616. The first-order chi connectivity index (χ1) is 16.3. The van der Waals surface area contributed by atoms with Crippen molar-refractivity contribution in [3.63, 3.8) is 0 Å². The molecule has 2 rings (SSSR count). The summed E-state index contributed by atoms with van der Waals surface area (Å²) >= 11 is 15.7. The number of amides is 2. The zero-order chi connectivity index (χ0) is 26.3. The number of nitrogens with one attached hydrogen (secondary N) is 1. The smallest absolute Gasteiger partial charge is 0.244 e. The number of sulfonamides is 1. The molecule has 1 N–H and O–H groups in total. The molecule has 11 heteroatoms. The largest absolute Gasteiger partial charge is 0.354 e. The monoisotopic (exact) mass is 605 g/mol. The number of hydrogen-bond donors (Lipinski definition) is 1. The number of carbonyl (C=O) groups excluding carboxylic acids is 2. The van der Waals surface area contributed by atoms with Crippen LogP contribution < -0.4 is 9.62 Å². The van der Waals surface area contributed by atoms with E-state index >= 15 is 0 Å². The molecule has 0 radical (unpaired) electrons. The first kappa shape index (κ1) is 29.4. The third-order valence-electron chi connectivity index (χ3n) is 5.22. The Labute approximate surface area is 225 Å². The molecule has 0 saturated carbocycles. The van der Waals surface area contributed by atoms with E-state index in [-0.39, 0.29) is 18.4 Å². The van der Waals surface area contributed by atoms with Crippen molar-refractivity contribution in [2.45, 2.75) is 39.8 Å². The molecule has 0 aromatic heterocycles. The standard InChI is InChI=1S/C24H30BrCl2N3O4S/c1-5-22(24(32)28-13-16(2)3)29(14-17-6-9-19(26)12-21(17)27)23(31)15-30(35(4,33)34)20-10-7-18(25)8-11-20/h6-12,16,22H,5,13-15H2,1-4H3,(H,28,32). The second kappa shape index (κ2) is 12.9. The maximum Gasteiger partial charge on any atom is 0.244 e. The first-order valence-corrected chi connectivity index (χ1v) is 14.5. The Morgan fingerprint density at radius 1 is 1.09 bits per heavy atom. The fourth-order valence-corrected chi connectivity index (χ4v) is 4.98. The fraction of sp³-hybridized carbons (Fsp3) is 0.417. The lowest BCUT2D eigenvalue weighted by Crippen LogP contribution is -2.52. The molecule has 7 nitrogen and oxygen atoms in total. The van der Waals surface area contributed by atoms with Gasteiger partial charge in [0.25, 0.3) is 0 Å². The number of carbonyl (C=O) groups is 2. The van der Waals surface area contributed by atoms with Gasteiger partial charge in [0, 0.05) is 27.6 Å². The van der Waals surface area contributed by atoms with E-state index in [1.165, 1.54) is 4.90 Å². The second-order valence-corrected chi connectivity index (χ2v) is 12.2. The predicted molar refractivity (Wildman–Crippen MR) is 145 cm³/mol. The average Bonchev–Trinajstić information content (AvgIpc) is 2.77. The van der Waals surface area contributed by atoms with E-state index < -0.39 is 28.5 Å². The van der Waals surface area contributed by atoms with Crippen LogP contribution in [0.5, 0.6) is 0 Å². The Kier molecular flexibility index (Phi) is 10.9. The molecule has 0 spiro atoms. The van der Waals surface area contributed by atoms with E-state index in [0.29, 0.717) is 34.3 Å². The summed E-state index contributed by atoms with van der Waals surface area (Å²) < 4.78 is 27.0. The minimum Gasteiger partial charge on any atom is -0.354 e. The highest BCUT2D eigenvalue weighted by Gasteiger charge is 2.32. The molecule has 2 aromatic carbocycles. The minimum atomic E-state index is -3.79. The Morgan fingerprint density at radius 3 is 2.23 bits per heavy atom. The average molecular weight is 607 g/mol. The Bertz CT molecular complexity index is 1140. The van der Waals surface area contributed by atoms with Gasteiger partial charge in [-0.3, -0.25) is 13.9 Å². The van der Waals surface area contributed by atoms with Crippen LogP contribution in [0.25, 0.3) is 0 Å². The lowest BCUT2D eigenvalue weighted by atomic mass is 10.1. The molecule has 0 aliphatic rings. The molecule has 192 valence electrons. The summed E-state index contributed by atoms with van der Waals surface area (Å²) in [7, 11) is -3.79. The summed E-state index contributed by atoms with van der Waals surface area (Å²) in [5.41, 5.74) is 0.930. The van der Waals surface area contributed by atoms with Crippen LogP contribution in [0.3, 0.4) is 0 Å². The van der Waals surface area contributed by atoms with Gasteiger partial charge in [-0.05, 0) is 54.3 Å². The molecule has 0 fully saturated rings. The Hall–Kier alpha value is -1.81. The highest BCUT2D eigenvalue weighted by Crippen LogP contribution is 2.25. The molecular formula is C24H30BrCl2N3O4S. The number of nitrogens with zero attached hydrogens (tertiary/aromatic N) is 2. The maximum atomic E-state index is 13.6. The molecule has 0 bridgehead atoms. The normalized spacial score (nSPS) is 12.3. The lowest BCUT2D eigenvalue weighted by Gasteiger charge is -2.33. The molecular weight excluding hydrogens is 577 g/mol. The van der Waals surface area contributed by atoms with E-state index in [1.807, 2.05) is 13.8 Å². The third kappa shape index (κ3) is 8.66. The van der Waals surface area contributed by atoms with E-state index in [2.05, 4.69) is 21.2 Å². The maximum absolute atomic E-state index is 13.6. The number of hydrogen-bond acceptors (Lipinski definition) is 4. The van der Waals surface area contributed by atoms with Gasteiger partial charge >= 0.3 is 0 Å². The van der Waals surface area contributed by atoms with Gasteiger partial charge in [-0.15, -0.1) is 0 Å². The topological polar surface area (TPSA) is 86.8 Å². The third-order valence-corrected chi connectivity index (χ3v) is 7.48. The molecule has 0 heterocycles. The van der Waals surface area contributed by atoms with Crippen LogP contribution in [0, 0.1) is 5.92 Å². The van der Waals surface area contributed by atoms with Gasteiger partial charge in [0.15, 0.2) is 0 Å². The highest BCUT2D eigenvalue weighted by molar-refractivity contribution is 9.10. The molecule has 2 amide bonds. The van der Waals surface area contributed by atoms with Crippen molar-refractivity contribution in [1.29, 1.82) is 0 Å². The van der Waals surface area contributed by atoms with Crippen LogP contribution in [-0.2, 0) is 26.2 Å². The number of halogens is 3. The van der Waals surface area contributed by atoms with Gasteiger partial charge in [0.05, 0.1) is 11.9 Å². The molecule has 2 aromatic rings. The first-order valence-electron chi connectivity index (χ1n) is 11.1. The van der Waals surface area contributed by atoms with Crippen molar-refractivity contribution < 1.29 is 18.0 Å². The van der Waals surface area contributed by atoms with E-state index in [4.69, 9.17) is 23.2 Å². The lowest BCUT2D eigenvalue weighted by molar-refractivity contribution is -0.140. The van der Waals surface area contributed by atoms with Gasteiger partial charge in [0.1, 0.15) is 12.6 Å². The van der Waals surface area contributed by atoms with Gasteiger partial charge < -0.3 is 10.2 Å². The number of anilines is 1. The van der Waals surface area contributed by atoms with Gasteiger partial charge in [-0.1, -0.05) is 66.0 Å². The van der Waals surface area contributed by atoms with Crippen LogP contribution in [0.4, 0.5) is 5.69 Å². The van der Waals surface area contributed by atoms with Crippen molar-refractivity contribution in [2.24, 2.45) is 5.92 Å². The van der Waals surface area contributed by atoms with Crippen LogP contribution in [0.1, 0.15) is 32.8 Å². The summed E-state index contributed by atoms with van der Waals surface area (Å²) in [6.45, 7) is 5.74. The van der Waals surface area contributed by atoms with Gasteiger partial charge in [0.2, 0.25) is 21.8 Å². The fourth-order valence-electron chi connectivity index (χ4n) is 3.40. The zero-order valence-electron chi connectivity index (χ0n) is 20.1. The zero-order valence-corrected chi connectivity index (χ0v) is 24.0. The predicted octanol–water partition coefficient (Wildman–Crippen LogP) is 5.10. The molecule has 0 aliphatic carbocycles. The van der Waals surface area contributed by atoms with Crippen LogP contribution >= 0.6 is 39.1 Å². The minimum absolute atomic E-state index is 0.0143. The summed E-state index contributed by atoms with van der Waals surface area (Å²) in [5, 5.41) is 3.66. The van der Waals surface area contributed by atoms with Crippen LogP contribution in [0.2, 0.25) is 10.0 Å². The van der Waals surface area contributed by atoms with Crippen LogP contribution in [0.15, 0.2) is 46.9 Å². The quantitative estimate of drug-likeness (QED) is 0.385. The Morgan fingerprint density at radius 2 is 1.71 bits per heavy atom. The molecule has 0 saturated heterocycles. The highest BCUT2D eigenvalue weighted by atomic mass is 79.9. The number of benzene rings is 2. The summed E-state index contributed by atoms with van der Waals surface area (Å²) in [4.78, 5) is 28.1. The van der Waals surface area contributed by atoms with E-state index in [0.717, 1.165) is 15.0 Å². The second-order valence-electron chi connectivity index (χ2n) is 8.57. The van der Waals surface area contributed by atoms with Crippen molar-refractivity contribution in [3.05, 3.63) is 62.5 Å². The Balaban J connectivity index is 2.44. The molecule has 1 unspecified atom stereocenters. The van der Waals surface area contributed by atoms with Crippen molar-refractivity contribution in [1.82, 2.24) is 10.2 Å². The summed E-state index contributed by atoms with van der Waals surface area (Å²) in [6.07, 6.45) is 1.37. The van der Waals surface area contributed by atoms with Gasteiger partial charge in [-0.25, -0.2) is 8.42 Å². The number of rotatable bonds is 11. The molecule has 35 heavy (non-hydrogen) atoms. The van der Waals surface area contributed by atoms with Gasteiger partial charge in [-0.2, -0.15) is 0 Å². The van der Waals surface area contributed by atoms with E-state index in [9.17, 15) is 18.0 Å². The van der Waals surface area contributed by atoms with Crippen molar-refractivity contribution >= 4 is 66.7 Å². The van der Waals surface area contributed by atoms with Crippen molar-refractivity contribution in [3.8, 4) is 0 Å². The SMILES string of the molecule is CCC(C(=O)NCC(C)C)N(Cc1ccc(Cl)cc1Cl)C(=O)CN(c1ccc(Br)cc1)S(C)(=O)=O. The van der Waals surface area contributed by atoms with Crippen LogP contribution in [-0.4, -0.2) is 50.5 Å². The van der Waals surface area contributed by atoms with Crippen molar-refractivity contribution in [2.75, 3.05) is 23.7 Å². The molecule has 1 atom stereocenters. The molecule has 0 aliphatic heterocycles. The van der Waals surface area contributed by atoms with E-state index in [1.54, 1.807) is 49.4 Å².